The number of allylic oxidation sites excluding steroid dienone is 2. The van der Waals surface area contributed by atoms with Gasteiger partial charge in [0.05, 0.1) is 7.11 Å². The molecule has 0 aromatic heterocycles. The van der Waals surface area contributed by atoms with Crippen molar-refractivity contribution in [3.05, 3.63) is 11.8 Å². The highest BCUT2D eigenvalue weighted by atomic mass is 16.5. The zero-order chi connectivity index (χ0) is 8.69. The fraction of sp³-hybridized carbons (Fsp3) is 0.667. The number of hydrogen-bond donors (Lipinski definition) is 0. The molecule has 0 amide bonds. The lowest BCUT2D eigenvalue weighted by molar-refractivity contribution is 0.399. The molecule has 0 spiro atoms. The van der Waals surface area contributed by atoms with Crippen LogP contribution in [0.1, 0.15) is 33.6 Å². The Morgan fingerprint density at radius 1 is 1.45 bits per heavy atom. The van der Waals surface area contributed by atoms with Crippen LogP contribution >= 0.6 is 0 Å². The van der Waals surface area contributed by atoms with Crippen molar-refractivity contribution in [2.24, 2.45) is 4.99 Å². The van der Waals surface area contributed by atoms with E-state index in [1.807, 2.05) is 13.8 Å². The van der Waals surface area contributed by atoms with Crippen LogP contribution in [0.5, 0.6) is 0 Å². The molecule has 0 aliphatic rings. The van der Waals surface area contributed by atoms with E-state index in [9.17, 15) is 0 Å². The SMILES string of the molecule is CCCC=C(C)N=C(C)OC. The molecule has 2 heteroatoms. The molecule has 0 saturated heterocycles. The van der Waals surface area contributed by atoms with Gasteiger partial charge in [0, 0.05) is 12.6 Å². The van der Waals surface area contributed by atoms with Crippen LogP contribution in [0.25, 0.3) is 0 Å². The summed E-state index contributed by atoms with van der Waals surface area (Å²) < 4.78 is 4.91. The predicted molar refractivity (Wildman–Crippen MR) is 48.8 cm³/mol. The van der Waals surface area contributed by atoms with E-state index in [0.717, 1.165) is 18.0 Å². The molecule has 0 fully saturated rings. The van der Waals surface area contributed by atoms with Gasteiger partial charge in [0.15, 0.2) is 5.90 Å². The summed E-state index contributed by atoms with van der Waals surface area (Å²) in [7, 11) is 1.63. The minimum atomic E-state index is 0.717. The number of unbranched alkanes of at least 4 members (excludes halogenated alkanes) is 1. The van der Waals surface area contributed by atoms with Crippen molar-refractivity contribution in [3.8, 4) is 0 Å². The Balaban J connectivity index is 3.93. The van der Waals surface area contributed by atoms with Gasteiger partial charge >= 0.3 is 0 Å². The number of nitrogens with zero attached hydrogens (tertiary/aromatic N) is 1. The van der Waals surface area contributed by atoms with Crippen LogP contribution in [0.3, 0.4) is 0 Å². The number of hydrogen-bond acceptors (Lipinski definition) is 2. The van der Waals surface area contributed by atoms with Crippen molar-refractivity contribution in [1.82, 2.24) is 0 Å². The standard InChI is InChI=1S/C9H17NO/c1-5-6-7-8(2)10-9(3)11-4/h7H,5-6H2,1-4H3. The fourth-order valence-corrected chi connectivity index (χ4v) is 0.693. The van der Waals surface area contributed by atoms with Crippen molar-refractivity contribution in [1.29, 1.82) is 0 Å². The maximum absolute atomic E-state index is 4.91. The summed E-state index contributed by atoms with van der Waals surface area (Å²) in [5, 5.41) is 0. The number of methoxy groups -OCH3 is 1. The van der Waals surface area contributed by atoms with Gasteiger partial charge in [-0.2, -0.15) is 0 Å². The first-order chi connectivity index (χ1) is 5.20. The van der Waals surface area contributed by atoms with Crippen molar-refractivity contribution >= 4 is 5.90 Å². The van der Waals surface area contributed by atoms with E-state index in [1.54, 1.807) is 7.11 Å². The third-order valence-corrected chi connectivity index (χ3v) is 1.36. The summed E-state index contributed by atoms with van der Waals surface area (Å²) in [6.07, 6.45) is 4.37. The molecule has 64 valence electrons. The molecule has 11 heavy (non-hydrogen) atoms. The molecule has 0 heterocycles. The minimum Gasteiger partial charge on any atom is -0.484 e. The van der Waals surface area contributed by atoms with E-state index in [2.05, 4.69) is 18.0 Å². The molecule has 0 aliphatic heterocycles. The second-order valence-corrected chi connectivity index (χ2v) is 2.47. The quantitative estimate of drug-likeness (QED) is 0.453. The van der Waals surface area contributed by atoms with Crippen LogP contribution in [0.15, 0.2) is 16.8 Å². The average molecular weight is 155 g/mol. The summed E-state index contributed by atoms with van der Waals surface area (Å²) in [4.78, 5) is 4.19. The topological polar surface area (TPSA) is 21.6 Å². The third kappa shape index (κ3) is 5.64. The van der Waals surface area contributed by atoms with E-state index in [-0.39, 0.29) is 0 Å². The van der Waals surface area contributed by atoms with E-state index in [4.69, 9.17) is 4.74 Å². The zero-order valence-corrected chi connectivity index (χ0v) is 7.85. The highest BCUT2D eigenvalue weighted by Crippen LogP contribution is 2.00. The molecule has 0 unspecified atom stereocenters. The first kappa shape index (κ1) is 10.2. The molecule has 0 N–H and O–H groups in total. The molecule has 2 nitrogen and oxygen atoms in total. The van der Waals surface area contributed by atoms with Crippen molar-refractivity contribution in [2.45, 2.75) is 33.6 Å². The van der Waals surface area contributed by atoms with Crippen LogP contribution in [0.2, 0.25) is 0 Å². The highest BCUT2D eigenvalue weighted by molar-refractivity contribution is 5.74. The molecule has 0 aromatic carbocycles. The second-order valence-electron chi connectivity index (χ2n) is 2.47. The smallest absolute Gasteiger partial charge is 0.184 e. The highest BCUT2D eigenvalue weighted by Gasteiger charge is 1.87. The number of rotatable bonds is 3. The normalized spacial score (nSPS) is 13.5. The summed E-state index contributed by atoms with van der Waals surface area (Å²) >= 11 is 0. The van der Waals surface area contributed by atoms with Crippen LogP contribution in [0.4, 0.5) is 0 Å². The second kappa shape index (κ2) is 5.96. The van der Waals surface area contributed by atoms with Gasteiger partial charge in [-0.25, -0.2) is 4.99 Å². The molecular weight excluding hydrogens is 138 g/mol. The average Bonchev–Trinajstić information content (AvgIpc) is 2.00. The lowest BCUT2D eigenvalue weighted by Crippen LogP contribution is -1.93. The minimum absolute atomic E-state index is 0.717. The summed E-state index contributed by atoms with van der Waals surface area (Å²) in [5.74, 6) is 0.717. The van der Waals surface area contributed by atoms with Gasteiger partial charge in [-0.05, 0) is 13.3 Å². The van der Waals surface area contributed by atoms with E-state index in [0.29, 0.717) is 0 Å². The molecule has 0 aromatic rings. The Morgan fingerprint density at radius 3 is 2.55 bits per heavy atom. The van der Waals surface area contributed by atoms with Crippen LogP contribution in [0, 0.1) is 0 Å². The summed E-state index contributed by atoms with van der Waals surface area (Å²) in [5.41, 5.74) is 1.03. The van der Waals surface area contributed by atoms with Gasteiger partial charge in [0.1, 0.15) is 0 Å². The van der Waals surface area contributed by atoms with Gasteiger partial charge in [-0.3, -0.25) is 0 Å². The molecule has 0 rings (SSSR count). The molecule has 0 bridgehead atoms. The first-order valence-corrected chi connectivity index (χ1v) is 3.96. The van der Waals surface area contributed by atoms with Gasteiger partial charge in [-0.15, -0.1) is 0 Å². The van der Waals surface area contributed by atoms with Crippen molar-refractivity contribution in [2.75, 3.05) is 7.11 Å². The molecule has 0 radical (unpaired) electrons. The lowest BCUT2D eigenvalue weighted by atomic mass is 10.3. The third-order valence-electron chi connectivity index (χ3n) is 1.36. The number of aliphatic imine (C=N–C) groups is 1. The molecule has 0 aliphatic carbocycles. The van der Waals surface area contributed by atoms with Gasteiger partial charge in [0.25, 0.3) is 0 Å². The largest absolute Gasteiger partial charge is 0.484 e. The van der Waals surface area contributed by atoms with E-state index < -0.39 is 0 Å². The van der Waals surface area contributed by atoms with Gasteiger partial charge in [-0.1, -0.05) is 19.4 Å². The van der Waals surface area contributed by atoms with Crippen LogP contribution in [-0.4, -0.2) is 13.0 Å². The van der Waals surface area contributed by atoms with E-state index in [1.165, 1.54) is 6.42 Å². The monoisotopic (exact) mass is 155 g/mol. The first-order valence-electron chi connectivity index (χ1n) is 3.96. The Bertz CT molecular complexity index is 159. The Morgan fingerprint density at radius 2 is 2.09 bits per heavy atom. The van der Waals surface area contributed by atoms with Crippen LogP contribution in [-0.2, 0) is 4.74 Å². The van der Waals surface area contributed by atoms with E-state index >= 15 is 0 Å². The number of ether oxygens (including phenoxy) is 1. The zero-order valence-electron chi connectivity index (χ0n) is 7.85. The predicted octanol–water partition coefficient (Wildman–Crippen LogP) is 2.76. The Labute approximate surface area is 69.0 Å². The van der Waals surface area contributed by atoms with Crippen molar-refractivity contribution in [3.63, 3.8) is 0 Å². The van der Waals surface area contributed by atoms with Gasteiger partial charge in [0.2, 0.25) is 0 Å². The van der Waals surface area contributed by atoms with Gasteiger partial charge < -0.3 is 4.74 Å². The molecule has 0 saturated carbocycles. The summed E-state index contributed by atoms with van der Waals surface area (Å²) in [6, 6.07) is 0. The lowest BCUT2D eigenvalue weighted by Gasteiger charge is -1.97. The summed E-state index contributed by atoms with van der Waals surface area (Å²) in [6.45, 7) is 5.98. The maximum Gasteiger partial charge on any atom is 0.184 e. The van der Waals surface area contributed by atoms with Crippen molar-refractivity contribution < 1.29 is 4.74 Å². The molecule has 0 atom stereocenters. The van der Waals surface area contributed by atoms with Crippen LogP contribution < -0.4 is 0 Å². The Hall–Kier alpha value is -0.790. The fourth-order valence-electron chi connectivity index (χ4n) is 0.693. The molecular formula is C9H17NO. The maximum atomic E-state index is 4.91. The Kier molecular flexibility index (Phi) is 5.53.